The zero-order valence-electron chi connectivity index (χ0n) is 12.7. The summed E-state index contributed by atoms with van der Waals surface area (Å²) in [5, 5.41) is 9.92. The predicted octanol–water partition coefficient (Wildman–Crippen LogP) is 3.43. The standard InChI is InChI=1S/C19H24O2/c1-12-2-4-14-13(10-12)3-5-16-15(14)8-9-19(11-20)17(16)6-7-18(19)21/h2-4,10,14-17,20H,5-9,11H2,1H3/t14-,15+,16+,17-,19+/m0/s1. The van der Waals surface area contributed by atoms with E-state index in [-0.39, 0.29) is 6.61 Å². The van der Waals surface area contributed by atoms with Crippen molar-refractivity contribution in [2.45, 2.75) is 39.0 Å². The van der Waals surface area contributed by atoms with Crippen molar-refractivity contribution in [3.8, 4) is 0 Å². The number of ketones is 1. The summed E-state index contributed by atoms with van der Waals surface area (Å²) < 4.78 is 0. The van der Waals surface area contributed by atoms with E-state index in [0.29, 0.717) is 35.9 Å². The summed E-state index contributed by atoms with van der Waals surface area (Å²) in [7, 11) is 0. The highest BCUT2D eigenvalue weighted by atomic mass is 16.3. The number of rotatable bonds is 1. The molecule has 2 nitrogen and oxygen atoms in total. The van der Waals surface area contributed by atoms with Gasteiger partial charge in [-0.1, -0.05) is 29.9 Å². The van der Waals surface area contributed by atoms with Crippen LogP contribution in [0.4, 0.5) is 0 Å². The lowest BCUT2D eigenvalue weighted by Gasteiger charge is -2.50. The van der Waals surface area contributed by atoms with Gasteiger partial charge in [0.1, 0.15) is 5.78 Å². The van der Waals surface area contributed by atoms with Crippen LogP contribution in [0, 0.1) is 29.1 Å². The second-order valence-electron chi connectivity index (χ2n) is 7.46. The van der Waals surface area contributed by atoms with Crippen LogP contribution in [0.25, 0.3) is 0 Å². The molecule has 21 heavy (non-hydrogen) atoms. The molecule has 2 saturated carbocycles. The maximum atomic E-state index is 12.4. The highest BCUT2D eigenvalue weighted by Gasteiger charge is 2.57. The zero-order chi connectivity index (χ0) is 14.6. The van der Waals surface area contributed by atoms with E-state index in [4.69, 9.17) is 0 Å². The Morgan fingerprint density at radius 1 is 1.33 bits per heavy atom. The fraction of sp³-hybridized carbons (Fsp3) is 0.632. The minimum Gasteiger partial charge on any atom is -0.395 e. The molecular weight excluding hydrogens is 260 g/mol. The van der Waals surface area contributed by atoms with E-state index >= 15 is 0 Å². The van der Waals surface area contributed by atoms with Crippen molar-refractivity contribution >= 4 is 5.78 Å². The number of Topliss-reactive ketones (excluding diaryl/α,β-unsaturated/α-hetero) is 1. The average molecular weight is 284 g/mol. The molecule has 1 N–H and O–H groups in total. The Hall–Kier alpha value is -1.15. The molecule has 0 amide bonds. The molecule has 0 aliphatic heterocycles. The van der Waals surface area contributed by atoms with Crippen LogP contribution in [0.3, 0.4) is 0 Å². The predicted molar refractivity (Wildman–Crippen MR) is 82.6 cm³/mol. The molecule has 0 aromatic carbocycles. The van der Waals surface area contributed by atoms with Crippen molar-refractivity contribution in [3.05, 3.63) is 35.5 Å². The molecule has 0 unspecified atom stereocenters. The largest absolute Gasteiger partial charge is 0.395 e. The van der Waals surface area contributed by atoms with Crippen LogP contribution in [-0.4, -0.2) is 17.5 Å². The van der Waals surface area contributed by atoms with Crippen molar-refractivity contribution in [1.29, 1.82) is 0 Å². The van der Waals surface area contributed by atoms with Gasteiger partial charge < -0.3 is 5.11 Å². The van der Waals surface area contributed by atoms with Gasteiger partial charge in [-0.2, -0.15) is 0 Å². The van der Waals surface area contributed by atoms with Crippen LogP contribution in [-0.2, 0) is 4.79 Å². The summed E-state index contributed by atoms with van der Waals surface area (Å²) in [4.78, 5) is 12.4. The SMILES string of the molecule is CC1=CC2=CC[C@@H]3[C@H](CC[C@]4(CO)C(=O)CC[C@@H]34)[C@H]2C=C1. The summed E-state index contributed by atoms with van der Waals surface area (Å²) in [5.74, 6) is 2.54. The minimum atomic E-state index is -0.392. The molecule has 2 heteroatoms. The van der Waals surface area contributed by atoms with Crippen molar-refractivity contribution < 1.29 is 9.90 Å². The highest BCUT2D eigenvalue weighted by molar-refractivity contribution is 5.87. The topological polar surface area (TPSA) is 37.3 Å². The third-order valence-corrected chi connectivity index (χ3v) is 6.65. The normalized spacial score (nSPS) is 44.6. The van der Waals surface area contributed by atoms with Gasteiger partial charge in [-0.25, -0.2) is 0 Å². The monoisotopic (exact) mass is 284 g/mol. The maximum Gasteiger partial charge on any atom is 0.141 e. The van der Waals surface area contributed by atoms with Crippen molar-refractivity contribution in [2.75, 3.05) is 6.61 Å². The van der Waals surface area contributed by atoms with Crippen molar-refractivity contribution in [2.24, 2.45) is 29.1 Å². The van der Waals surface area contributed by atoms with E-state index in [0.717, 1.165) is 25.7 Å². The van der Waals surface area contributed by atoms with E-state index in [1.165, 1.54) is 11.1 Å². The summed E-state index contributed by atoms with van der Waals surface area (Å²) >= 11 is 0. The molecule has 0 bridgehead atoms. The second kappa shape index (κ2) is 4.67. The molecular formula is C19H24O2. The fourth-order valence-electron chi connectivity index (χ4n) is 5.60. The van der Waals surface area contributed by atoms with Crippen LogP contribution < -0.4 is 0 Å². The van der Waals surface area contributed by atoms with Gasteiger partial charge in [0.05, 0.1) is 12.0 Å². The Balaban J connectivity index is 1.69. The number of carbonyl (C=O) groups is 1. The van der Waals surface area contributed by atoms with Crippen LogP contribution in [0.1, 0.15) is 39.0 Å². The van der Waals surface area contributed by atoms with Gasteiger partial charge >= 0.3 is 0 Å². The van der Waals surface area contributed by atoms with Gasteiger partial charge in [-0.15, -0.1) is 0 Å². The van der Waals surface area contributed by atoms with Gasteiger partial charge in [0, 0.05) is 12.3 Å². The van der Waals surface area contributed by atoms with Gasteiger partial charge in [0.25, 0.3) is 0 Å². The Morgan fingerprint density at radius 2 is 2.19 bits per heavy atom. The fourth-order valence-corrected chi connectivity index (χ4v) is 5.60. The first-order valence-electron chi connectivity index (χ1n) is 8.36. The zero-order valence-corrected chi connectivity index (χ0v) is 12.7. The smallest absolute Gasteiger partial charge is 0.141 e. The number of hydrogen-bond donors (Lipinski definition) is 1. The molecule has 0 heterocycles. The number of hydrogen-bond acceptors (Lipinski definition) is 2. The quantitative estimate of drug-likeness (QED) is 0.801. The molecule has 4 rings (SSSR count). The summed E-state index contributed by atoms with van der Waals surface area (Å²) in [5.41, 5.74) is 2.43. The number of fused-ring (bicyclic) bond motifs is 5. The van der Waals surface area contributed by atoms with E-state index in [1.807, 2.05) is 0 Å². The van der Waals surface area contributed by atoms with Crippen LogP contribution in [0.5, 0.6) is 0 Å². The van der Waals surface area contributed by atoms with E-state index in [1.54, 1.807) is 0 Å². The molecule has 0 radical (unpaired) electrons. The van der Waals surface area contributed by atoms with Crippen LogP contribution in [0.2, 0.25) is 0 Å². The molecule has 4 aliphatic carbocycles. The second-order valence-corrected chi connectivity index (χ2v) is 7.46. The Labute approximate surface area is 126 Å². The summed E-state index contributed by atoms with van der Waals surface area (Å²) in [6.45, 7) is 2.22. The van der Waals surface area contributed by atoms with Crippen LogP contribution >= 0.6 is 0 Å². The third kappa shape index (κ3) is 1.78. The Bertz CT molecular complexity index is 568. The van der Waals surface area contributed by atoms with E-state index in [2.05, 4.69) is 31.2 Å². The molecule has 2 fully saturated rings. The first kappa shape index (κ1) is 13.5. The summed E-state index contributed by atoms with van der Waals surface area (Å²) in [6.07, 6.45) is 14.1. The first-order valence-corrected chi connectivity index (χ1v) is 8.36. The molecule has 0 aromatic heterocycles. The summed E-state index contributed by atoms with van der Waals surface area (Å²) in [6, 6.07) is 0. The first-order chi connectivity index (χ1) is 10.2. The Morgan fingerprint density at radius 3 is 3.00 bits per heavy atom. The number of aliphatic hydroxyl groups excluding tert-OH is 1. The van der Waals surface area contributed by atoms with Gasteiger partial charge in [0.15, 0.2) is 0 Å². The average Bonchev–Trinajstić information content (AvgIpc) is 2.84. The van der Waals surface area contributed by atoms with E-state index < -0.39 is 5.41 Å². The lowest BCUT2D eigenvalue weighted by atomic mass is 9.53. The molecule has 5 atom stereocenters. The minimum absolute atomic E-state index is 0.0653. The molecule has 4 aliphatic rings. The lowest BCUT2D eigenvalue weighted by Crippen LogP contribution is -2.48. The van der Waals surface area contributed by atoms with Crippen molar-refractivity contribution in [3.63, 3.8) is 0 Å². The molecule has 0 aromatic rings. The van der Waals surface area contributed by atoms with Gasteiger partial charge in [-0.05, 0) is 55.9 Å². The van der Waals surface area contributed by atoms with Crippen molar-refractivity contribution in [1.82, 2.24) is 0 Å². The number of carbonyl (C=O) groups excluding carboxylic acids is 1. The van der Waals surface area contributed by atoms with Crippen LogP contribution in [0.15, 0.2) is 35.5 Å². The third-order valence-electron chi connectivity index (χ3n) is 6.65. The Kier molecular flexibility index (Phi) is 3.01. The highest BCUT2D eigenvalue weighted by Crippen LogP contribution is 2.59. The maximum absolute atomic E-state index is 12.4. The van der Waals surface area contributed by atoms with Gasteiger partial charge in [-0.3, -0.25) is 4.79 Å². The number of allylic oxidation sites excluding steroid dienone is 6. The lowest BCUT2D eigenvalue weighted by molar-refractivity contribution is -0.135. The molecule has 0 spiro atoms. The molecule has 112 valence electrons. The van der Waals surface area contributed by atoms with Gasteiger partial charge in [0.2, 0.25) is 0 Å². The molecule has 0 saturated heterocycles. The van der Waals surface area contributed by atoms with E-state index in [9.17, 15) is 9.90 Å². The number of aliphatic hydroxyl groups is 1.